The number of rotatable bonds is 5. The molecule has 142 valence electrons. The van der Waals surface area contributed by atoms with E-state index in [9.17, 15) is 15.3 Å². The van der Waals surface area contributed by atoms with Gasteiger partial charge in [-0.05, 0) is 42.0 Å². The first kappa shape index (κ1) is 19.9. The Bertz CT molecular complexity index is 1110. The summed E-state index contributed by atoms with van der Waals surface area (Å²) in [6.07, 6.45) is 0. The SMILES string of the molecule is N#Cc1cc(N)c(N(Cc2ccc(Br)cc2)NC(=O)c2ccccc2)cc1C#N. The minimum atomic E-state index is -0.315. The van der Waals surface area contributed by atoms with Gasteiger partial charge in [-0.25, -0.2) is 0 Å². The molecular formula is C22H16BrN5O. The lowest BCUT2D eigenvalue weighted by molar-refractivity contribution is 0.0948. The summed E-state index contributed by atoms with van der Waals surface area (Å²) < 4.78 is 0.936. The first-order valence-electron chi connectivity index (χ1n) is 8.63. The fraction of sp³-hybridized carbons (Fsp3) is 0.0455. The fourth-order valence-electron chi connectivity index (χ4n) is 2.76. The highest BCUT2D eigenvalue weighted by Crippen LogP contribution is 2.28. The third kappa shape index (κ3) is 4.73. The van der Waals surface area contributed by atoms with Gasteiger partial charge < -0.3 is 5.73 Å². The summed E-state index contributed by atoms with van der Waals surface area (Å²) in [5, 5.41) is 20.2. The van der Waals surface area contributed by atoms with Gasteiger partial charge in [-0.1, -0.05) is 46.3 Å². The monoisotopic (exact) mass is 445 g/mol. The van der Waals surface area contributed by atoms with Crippen LogP contribution >= 0.6 is 15.9 Å². The summed E-state index contributed by atoms with van der Waals surface area (Å²) in [6, 6.07) is 23.3. The largest absolute Gasteiger partial charge is 0.397 e. The van der Waals surface area contributed by atoms with Crippen molar-refractivity contribution in [2.75, 3.05) is 10.7 Å². The lowest BCUT2D eigenvalue weighted by Crippen LogP contribution is -2.42. The first-order valence-corrected chi connectivity index (χ1v) is 9.43. The quantitative estimate of drug-likeness (QED) is 0.453. The Kier molecular flexibility index (Phi) is 6.13. The Labute approximate surface area is 176 Å². The van der Waals surface area contributed by atoms with E-state index in [2.05, 4.69) is 21.4 Å². The third-order valence-electron chi connectivity index (χ3n) is 4.22. The number of hydrogen-bond acceptors (Lipinski definition) is 5. The van der Waals surface area contributed by atoms with Gasteiger partial charge in [-0.3, -0.25) is 15.2 Å². The minimum absolute atomic E-state index is 0.187. The Balaban J connectivity index is 2.00. The van der Waals surface area contributed by atoms with Gasteiger partial charge in [0.15, 0.2) is 0 Å². The summed E-state index contributed by atoms with van der Waals surface area (Å²) in [4.78, 5) is 12.7. The molecule has 0 fully saturated rings. The number of hydrazine groups is 1. The lowest BCUT2D eigenvalue weighted by Gasteiger charge is -2.27. The molecule has 0 saturated carbocycles. The Morgan fingerprint density at radius 1 is 1.00 bits per heavy atom. The van der Waals surface area contributed by atoms with E-state index in [0.29, 0.717) is 17.8 Å². The number of amides is 1. The van der Waals surface area contributed by atoms with Crippen molar-refractivity contribution in [2.45, 2.75) is 6.54 Å². The van der Waals surface area contributed by atoms with Crippen LogP contribution in [0.1, 0.15) is 27.0 Å². The Morgan fingerprint density at radius 3 is 2.24 bits per heavy atom. The third-order valence-corrected chi connectivity index (χ3v) is 4.75. The van der Waals surface area contributed by atoms with E-state index in [0.717, 1.165) is 10.0 Å². The van der Waals surface area contributed by atoms with E-state index >= 15 is 0 Å². The fourth-order valence-corrected chi connectivity index (χ4v) is 3.02. The predicted octanol–water partition coefficient (Wildman–Crippen LogP) is 4.13. The molecule has 0 aliphatic rings. The van der Waals surface area contributed by atoms with Gasteiger partial charge in [-0.15, -0.1) is 0 Å². The van der Waals surface area contributed by atoms with Crippen LogP contribution < -0.4 is 16.2 Å². The molecule has 0 unspecified atom stereocenters. The normalized spacial score (nSPS) is 9.90. The number of anilines is 2. The number of nitriles is 2. The molecule has 0 aromatic heterocycles. The number of carbonyl (C=O) groups is 1. The van der Waals surface area contributed by atoms with Crippen LogP contribution in [0, 0.1) is 22.7 Å². The number of nitrogens with two attached hydrogens (primary N) is 1. The van der Waals surface area contributed by atoms with Crippen LogP contribution in [0.15, 0.2) is 71.2 Å². The van der Waals surface area contributed by atoms with Crippen molar-refractivity contribution in [1.82, 2.24) is 5.43 Å². The molecule has 3 aromatic rings. The molecule has 3 aromatic carbocycles. The molecule has 0 spiro atoms. The molecule has 29 heavy (non-hydrogen) atoms. The molecule has 0 aliphatic carbocycles. The zero-order chi connectivity index (χ0) is 20.8. The Hall–Kier alpha value is -3.81. The summed E-state index contributed by atoms with van der Waals surface area (Å²) in [5.41, 5.74) is 11.5. The van der Waals surface area contributed by atoms with Gasteiger partial charge in [0.05, 0.1) is 29.0 Å². The molecular weight excluding hydrogens is 430 g/mol. The molecule has 0 saturated heterocycles. The number of halogens is 1. The van der Waals surface area contributed by atoms with Crippen LogP contribution in [-0.2, 0) is 6.54 Å². The number of carbonyl (C=O) groups excluding carboxylic acids is 1. The molecule has 3 rings (SSSR count). The maximum absolute atomic E-state index is 12.7. The maximum atomic E-state index is 12.7. The molecule has 1 amide bonds. The average Bonchev–Trinajstić information content (AvgIpc) is 2.75. The number of nitrogens with zero attached hydrogens (tertiary/aromatic N) is 3. The zero-order valence-electron chi connectivity index (χ0n) is 15.3. The lowest BCUT2D eigenvalue weighted by atomic mass is 10.1. The molecule has 6 nitrogen and oxygen atoms in total. The molecule has 0 heterocycles. The molecule has 0 radical (unpaired) electrons. The van der Waals surface area contributed by atoms with Crippen molar-refractivity contribution >= 4 is 33.2 Å². The van der Waals surface area contributed by atoms with Gasteiger partial charge in [0, 0.05) is 10.0 Å². The van der Waals surface area contributed by atoms with Crippen molar-refractivity contribution in [2.24, 2.45) is 0 Å². The van der Waals surface area contributed by atoms with Gasteiger partial charge >= 0.3 is 0 Å². The van der Waals surface area contributed by atoms with Crippen molar-refractivity contribution in [1.29, 1.82) is 10.5 Å². The molecule has 3 N–H and O–H groups in total. The predicted molar refractivity (Wildman–Crippen MR) is 115 cm³/mol. The number of nitrogens with one attached hydrogen (secondary N) is 1. The Morgan fingerprint density at radius 2 is 1.62 bits per heavy atom. The van der Waals surface area contributed by atoms with Crippen LogP contribution in [0.4, 0.5) is 11.4 Å². The summed E-state index contributed by atoms with van der Waals surface area (Å²) in [7, 11) is 0. The van der Waals surface area contributed by atoms with E-state index in [1.165, 1.54) is 12.1 Å². The summed E-state index contributed by atoms with van der Waals surface area (Å²) in [6.45, 7) is 0.312. The summed E-state index contributed by atoms with van der Waals surface area (Å²) in [5.74, 6) is -0.315. The van der Waals surface area contributed by atoms with Crippen molar-refractivity contribution < 1.29 is 4.79 Å². The van der Waals surface area contributed by atoms with E-state index in [4.69, 9.17) is 5.73 Å². The second kappa shape index (κ2) is 8.92. The standard InChI is InChI=1S/C22H16BrN5O/c23-19-8-6-15(7-9-19)14-28(27-22(29)16-4-2-1-3-5-16)21-11-18(13-25)17(12-24)10-20(21)26/h1-11H,14,26H2,(H,27,29). The first-order chi connectivity index (χ1) is 14.0. The van der Waals surface area contributed by atoms with Crippen molar-refractivity contribution in [3.63, 3.8) is 0 Å². The highest BCUT2D eigenvalue weighted by atomic mass is 79.9. The molecule has 0 aliphatic heterocycles. The highest BCUT2D eigenvalue weighted by Gasteiger charge is 2.18. The van der Waals surface area contributed by atoms with E-state index in [-0.39, 0.29) is 22.7 Å². The van der Waals surface area contributed by atoms with Crippen LogP contribution in [0.5, 0.6) is 0 Å². The molecule has 7 heteroatoms. The van der Waals surface area contributed by atoms with E-state index < -0.39 is 0 Å². The molecule has 0 bridgehead atoms. The van der Waals surface area contributed by atoms with Crippen molar-refractivity contribution in [3.05, 3.63) is 93.5 Å². The second-order valence-corrected chi connectivity index (χ2v) is 7.12. The van der Waals surface area contributed by atoms with Crippen LogP contribution in [0.25, 0.3) is 0 Å². The zero-order valence-corrected chi connectivity index (χ0v) is 16.8. The maximum Gasteiger partial charge on any atom is 0.269 e. The van der Waals surface area contributed by atoms with Gasteiger partial charge in [0.25, 0.3) is 5.91 Å². The van der Waals surface area contributed by atoms with Crippen LogP contribution in [-0.4, -0.2) is 5.91 Å². The highest BCUT2D eigenvalue weighted by molar-refractivity contribution is 9.10. The second-order valence-electron chi connectivity index (χ2n) is 6.20. The van der Waals surface area contributed by atoms with Gasteiger partial charge in [-0.2, -0.15) is 10.5 Å². The summed E-state index contributed by atoms with van der Waals surface area (Å²) >= 11 is 3.40. The van der Waals surface area contributed by atoms with Crippen LogP contribution in [0.3, 0.4) is 0 Å². The van der Waals surface area contributed by atoms with E-state index in [1.54, 1.807) is 29.3 Å². The number of hydrogen-bond donors (Lipinski definition) is 2. The van der Waals surface area contributed by atoms with Crippen molar-refractivity contribution in [3.8, 4) is 12.1 Å². The minimum Gasteiger partial charge on any atom is -0.397 e. The molecule has 0 atom stereocenters. The number of benzene rings is 3. The number of nitrogen functional groups attached to an aromatic ring is 1. The smallest absolute Gasteiger partial charge is 0.269 e. The van der Waals surface area contributed by atoms with E-state index in [1.807, 2.05) is 42.5 Å². The topological polar surface area (TPSA) is 106 Å². The average molecular weight is 446 g/mol. The van der Waals surface area contributed by atoms with Crippen LogP contribution in [0.2, 0.25) is 0 Å². The van der Waals surface area contributed by atoms with Gasteiger partial charge in [0.2, 0.25) is 0 Å². The van der Waals surface area contributed by atoms with Gasteiger partial charge in [0.1, 0.15) is 12.1 Å².